The molecule has 0 aromatic heterocycles. The van der Waals surface area contributed by atoms with Crippen molar-refractivity contribution in [3.8, 4) is 0 Å². The first-order valence-corrected chi connectivity index (χ1v) is 7.59. The lowest BCUT2D eigenvalue weighted by Gasteiger charge is -2.34. The van der Waals surface area contributed by atoms with Crippen molar-refractivity contribution in [1.82, 2.24) is 15.1 Å². The molecule has 3 rings (SSSR count). The molecule has 18 heavy (non-hydrogen) atoms. The van der Waals surface area contributed by atoms with Crippen molar-refractivity contribution in [3.05, 3.63) is 0 Å². The van der Waals surface area contributed by atoms with E-state index in [-0.39, 0.29) is 0 Å². The third kappa shape index (κ3) is 3.44. The van der Waals surface area contributed by atoms with Crippen LogP contribution in [0.5, 0.6) is 0 Å². The Hall–Kier alpha value is -0.160. The second-order valence-electron chi connectivity index (χ2n) is 6.23. The normalized spacial score (nSPS) is 35.2. The largest absolute Gasteiger partial charge is 0.374 e. The molecule has 1 N–H and O–H groups in total. The van der Waals surface area contributed by atoms with Crippen LogP contribution in [0.1, 0.15) is 25.7 Å². The molecule has 4 nitrogen and oxygen atoms in total. The molecule has 0 bridgehead atoms. The van der Waals surface area contributed by atoms with Crippen LogP contribution in [-0.2, 0) is 4.74 Å². The molecule has 1 saturated carbocycles. The van der Waals surface area contributed by atoms with Crippen molar-refractivity contribution in [3.63, 3.8) is 0 Å². The maximum Gasteiger partial charge on any atom is 0.0829 e. The minimum atomic E-state index is 0.422. The highest BCUT2D eigenvalue weighted by Crippen LogP contribution is 2.22. The molecule has 0 aromatic carbocycles. The van der Waals surface area contributed by atoms with Gasteiger partial charge in [-0.05, 0) is 39.3 Å². The zero-order valence-electron chi connectivity index (χ0n) is 11.6. The molecular formula is C14H27N3O. The monoisotopic (exact) mass is 253 g/mol. The number of likely N-dealkylation sites (N-methyl/N-ethyl adjacent to an activating group) is 1. The van der Waals surface area contributed by atoms with Gasteiger partial charge in [0, 0.05) is 38.3 Å². The fourth-order valence-electron chi connectivity index (χ4n) is 3.20. The van der Waals surface area contributed by atoms with Gasteiger partial charge in [0.05, 0.1) is 12.7 Å². The molecule has 0 amide bonds. The summed E-state index contributed by atoms with van der Waals surface area (Å²) >= 11 is 0. The van der Waals surface area contributed by atoms with E-state index >= 15 is 0 Å². The van der Waals surface area contributed by atoms with Crippen LogP contribution >= 0.6 is 0 Å². The van der Waals surface area contributed by atoms with Crippen molar-refractivity contribution < 1.29 is 4.74 Å². The molecule has 0 radical (unpaired) electrons. The standard InChI is InChI=1S/C14H27N3O/c1-16-7-8-18-14(10-16)11-17-6-2-3-13(17)9-15-12-4-5-12/h12-15H,2-11H2,1H3. The Morgan fingerprint density at radius 1 is 1.22 bits per heavy atom. The number of ether oxygens (including phenoxy) is 1. The van der Waals surface area contributed by atoms with Crippen LogP contribution in [0.3, 0.4) is 0 Å². The molecule has 4 heteroatoms. The van der Waals surface area contributed by atoms with Gasteiger partial charge in [-0.25, -0.2) is 0 Å². The summed E-state index contributed by atoms with van der Waals surface area (Å²) in [7, 11) is 2.20. The van der Waals surface area contributed by atoms with Crippen LogP contribution < -0.4 is 5.32 Å². The summed E-state index contributed by atoms with van der Waals surface area (Å²) in [6.07, 6.45) is 5.93. The molecule has 0 spiro atoms. The molecule has 3 aliphatic rings. The van der Waals surface area contributed by atoms with Gasteiger partial charge in [-0.1, -0.05) is 0 Å². The Morgan fingerprint density at radius 3 is 2.89 bits per heavy atom. The maximum absolute atomic E-state index is 5.89. The summed E-state index contributed by atoms with van der Waals surface area (Å²) < 4.78 is 5.89. The highest BCUT2D eigenvalue weighted by Gasteiger charge is 2.30. The quantitative estimate of drug-likeness (QED) is 0.774. The number of nitrogens with one attached hydrogen (secondary N) is 1. The highest BCUT2D eigenvalue weighted by molar-refractivity contribution is 4.88. The van der Waals surface area contributed by atoms with Gasteiger partial charge in [-0.15, -0.1) is 0 Å². The molecule has 2 heterocycles. The Labute approximate surface area is 111 Å². The molecule has 3 fully saturated rings. The van der Waals surface area contributed by atoms with Crippen molar-refractivity contribution in [2.75, 3.05) is 46.4 Å². The van der Waals surface area contributed by atoms with E-state index in [9.17, 15) is 0 Å². The molecule has 2 unspecified atom stereocenters. The van der Waals surface area contributed by atoms with Crippen molar-refractivity contribution in [1.29, 1.82) is 0 Å². The summed E-state index contributed by atoms with van der Waals surface area (Å²) in [5, 5.41) is 3.68. The Balaban J connectivity index is 1.44. The van der Waals surface area contributed by atoms with Gasteiger partial charge in [0.15, 0.2) is 0 Å². The number of hydrogen-bond donors (Lipinski definition) is 1. The van der Waals surface area contributed by atoms with Crippen LogP contribution in [0, 0.1) is 0 Å². The van der Waals surface area contributed by atoms with Gasteiger partial charge in [0.25, 0.3) is 0 Å². The van der Waals surface area contributed by atoms with Gasteiger partial charge in [-0.3, -0.25) is 4.90 Å². The predicted octanol–water partition coefficient (Wildman–Crippen LogP) is 0.533. The first-order chi connectivity index (χ1) is 8.81. The van der Waals surface area contributed by atoms with Crippen molar-refractivity contribution >= 4 is 0 Å². The van der Waals surface area contributed by atoms with Crippen LogP contribution in [0.15, 0.2) is 0 Å². The minimum absolute atomic E-state index is 0.422. The van der Waals surface area contributed by atoms with Crippen molar-refractivity contribution in [2.24, 2.45) is 0 Å². The summed E-state index contributed by atoms with van der Waals surface area (Å²) in [5.74, 6) is 0. The minimum Gasteiger partial charge on any atom is -0.374 e. The van der Waals surface area contributed by atoms with Gasteiger partial charge in [0.1, 0.15) is 0 Å². The van der Waals surface area contributed by atoms with E-state index in [1.807, 2.05) is 0 Å². The average molecular weight is 253 g/mol. The van der Waals surface area contributed by atoms with E-state index < -0.39 is 0 Å². The summed E-state index contributed by atoms with van der Waals surface area (Å²) in [4.78, 5) is 5.04. The molecule has 0 aromatic rings. The van der Waals surface area contributed by atoms with Gasteiger partial charge < -0.3 is 15.0 Å². The first-order valence-electron chi connectivity index (χ1n) is 7.59. The summed E-state index contributed by atoms with van der Waals surface area (Å²) in [6.45, 7) is 6.66. The third-order valence-electron chi connectivity index (χ3n) is 4.50. The smallest absolute Gasteiger partial charge is 0.0829 e. The Kier molecular flexibility index (Phi) is 4.19. The molecule has 104 valence electrons. The van der Waals surface area contributed by atoms with E-state index in [0.717, 1.165) is 38.3 Å². The number of nitrogens with zero attached hydrogens (tertiary/aromatic N) is 2. The van der Waals surface area contributed by atoms with E-state index in [1.54, 1.807) is 0 Å². The van der Waals surface area contributed by atoms with Gasteiger partial charge in [0.2, 0.25) is 0 Å². The van der Waals surface area contributed by atoms with Crippen molar-refractivity contribution in [2.45, 2.75) is 43.9 Å². The van der Waals surface area contributed by atoms with E-state index in [0.29, 0.717) is 6.10 Å². The van der Waals surface area contributed by atoms with Crippen LogP contribution in [0.25, 0.3) is 0 Å². The van der Waals surface area contributed by atoms with Gasteiger partial charge in [-0.2, -0.15) is 0 Å². The zero-order valence-corrected chi connectivity index (χ0v) is 11.6. The number of morpholine rings is 1. The second kappa shape index (κ2) is 5.87. The molecule has 1 aliphatic carbocycles. The fourth-order valence-corrected chi connectivity index (χ4v) is 3.20. The zero-order chi connectivity index (χ0) is 12.4. The summed E-state index contributed by atoms with van der Waals surface area (Å²) in [6, 6.07) is 1.59. The molecule has 2 saturated heterocycles. The SMILES string of the molecule is CN1CCOC(CN2CCCC2CNC2CC2)C1. The number of likely N-dealkylation sites (tertiary alicyclic amines) is 1. The van der Waals surface area contributed by atoms with Crippen LogP contribution in [0.2, 0.25) is 0 Å². The molecule has 2 aliphatic heterocycles. The van der Waals surface area contributed by atoms with E-state index in [4.69, 9.17) is 4.74 Å². The second-order valence-corrected chi connectivity index (χ2v) is 6.23. The molecule has 2 atom stereocenters. The topological polar surface area (TPSA) is 27.7 Å². The third-order valence-corrected chi connectivity index (χ3v) is 4.50. The molecular weight excluding hydrogens is 226 g/mol. The fraction of sp³-hybridized carbons (Fsp3) is 1.00. The summed E-state index contributed by atoms with van der Waals surface area (Å²) in [5.41, 5.74) is 0. The first kappa shape index (κ1) is 12.9. The van der Waals surface area contributed by atoms with Crippen LogP contribution in [-0.4, -0.2) is 74.4 Å². The highest BCUT2D eigenvalue weighted by atomic mass is 16.5. The lowest BCUT2D eigenvalue weighted by Crippen LogP contribution is -2.48. The maximum atomic E-state index is 5.89. The van der Waals surface area contributed by atoms with Crippen LogP contribution in [0.4, 0.5) is 0 Å². The van der Waals surface area contributed by atoms with E-state index in [1.165, 1.54) is 38.8 Å². The predicted molar refractivity (Wildman–Crippen MR) is 72.9 cm³/mol. The Bertz CT molecular complexity index is 270. The van der Waals surface area contributed by atoms with Gasteiger partial charge >= 0.3 is 0 Å². The average Bonchev–Trinajstić information content (AvgIpc) is 3.08. The van der Waals surface area contributed by atoms with E-state index in [2.05, 4.69) is 22.2 Å². The number of rotatable bonds is 5. The Morgan fingerprint density at radius 2 is 2.11 bits per heavy atom. The lowest BCUT2D eigenvalue weighted by molar-refractivity contribution is -0.0371. The number of hydrogen-bond acceptors (Lipinski definition) is 4. The lowest BCUT2D eigenvalue weighted by atomic mass is 10.2.